The highest BCUT2D eigenvalue weighted by Crippen LogP contribution is 2.24. The molecule has 5 nitrogen and oxygen atoms in total. The molecule has 0 spiro atoms. The van der Waals surface area contributed by atoms with Gasteiger partial charge in [0, 0.05) is 29.0 Å². The van der Waals surface area contributed by atoms with Gasteiger partial charge in [0.25, 0.3) is 0 Å². The first-order valence-corrected chi connectivity index (χ1v) is 10.1. The van der Waals surface area contributed by atoms with Crippen LogP contribution in [0.15, 0.2) is 47.0 Å². The lowest BCUT2D eigenvalue weighted by Gasteiger charge is -2.14. The van der Waals surface area contributed by atoms with E-state index in [0.717, 1.165) is 11.1 Å². The van der Waals surface area contributed by atoms with Gasteiger partial charge in [-0.25, -0.2) is 4.39 Å². The number of carbonyl (C=O) groups is 1. The van der Waals surface area contributed by atoms with Gasteiger partial charge in [-0.1, -0.05) is 46.6 Å². The number of nitrogens with zero attached hydrogens (tertiary/aromatic N) is 3. The number of aryl methyl sites for hydroxylation is 1. The summed E-state index contributed by atoms with van der Waals surface area (Å²) in [4.78, 5) is 18.2. The van der Waals surface area contributed by atoms with Crippen LogP contribution < -0.4 is 0 Å². The number of hydrogen-bond acceptors (Lipinski definition) is 5. The number of benzene rings is 2. The minimum absolute atomic E-state index is 0.118. The topological polar surface area (TPSA) is 59.2 Å². The third-order valence-corrected chi connectivity index (χ3v) is 5.37. The van der Waals surface area contributed by atoms with Crippen LogP contribution in [0.3, 0.4) is 0 Å². The van der Waals surface area contributed by atoms with Gasteiger partial charge in [-0.2, -0.15) is 4.98 Å². The van der Waals surface area contributed by atoms with Crippen LogP contribution in [-0.4, -0.2) is 33.7 Å². The van der Waals surface area contributed by atoms with Gasteiger partial charge in [0.15, 0.2) is 0 Å². The Morgan fingerprint density at radius 1 is 1.29 bits per heavy atom. The molecule has 1 heterocycles. The highest BCUT2D eigenvalue weighted by Gasteiger charge is 2.16. The average Bonchev–Trinajstić information content (AvgIpc) is 3.12. The standard InChI is InChI=1S/C20H19ClFN3O2S/c1-13-5-3-6-14(9-13)20-23-18(27-24-20)10-25(2)19(26)12-28-11-15-16(21)7-4-8-17(15)22/h3-9H,10-12H2,1-2H3. The predicted octanol–water partition coefficient (Wildman–Crippen LogP) is 4.73. The molecule has 1 aromatic heterocycles. The summed E-state index contributed by atoms with van der Waals surface area (Å²) in [5, 5.41) is 4.34. The van der Waals surface area contributed by atoms with Crippen molar-refractivity contribution < 1.29 is 13.7 Å². The van der Waals surface area contributed by atoms with Crippen LogP contribution >= 0.6 is 23.4 Å². The monoisotopic (exact) mass is 419 g/mol. The molecule has 0 bridgehead atoms. The quantitative estimate of drug-likeness (QED) is 0.554. The molecule has 0 unspecified atom stereocenters. The maximum Gasteiger partial charge on any atom is 0.246 e. The zero-order chi connectivity index (χ0) is 20.1. The highest BCUT2D eigenvalue weighted by atomic mass is 35.5. The van der Waals surface area contributed by atoms with Crippen molar-refractivity contribution in [2.45, 2.75) is 19.2 Å². The van der Waals surface area contributed by atoms with E-state index in [-0.39, 0.29) is 24.0 Å². The molecule has 3 aromatic rings. The molecule has 0 aliphatic carbocycles. The molecular formula is C20H19ClFN3O2S. The number of rotatable bonds is 7. The molecule has 3 rings (SSSR count). The summed E-state index contributed by atoms with van der Waals surface area (Å²) in [5.41, 5.74) is 2.37. The second-order valence-corrected chi connectivity index (χ2v) is 7.72. The molecule has 8 heteroatoms. The minimum Gasteiger partial charge on any atom is -0.337 e. The van der Waals surface area contributed by atoms with E-state index in [1.807, 2.05) is 31.2 Å². The van der Waals surface area contributed by atoms with Crippen LogP contribution in [0.25, 0.3) is 11.4 Å². The van der Waals surface area contributed by atoms with E-state index in [4.69, 9.17) is 16.1 Å². The van der Waals surface area contributed by atoms with E-state index in [0.29, 0.717) is 28.1 Å². The Labute approximate surface area is 171 Å². The number of halogens is 2. The lowest BCUT2D eigenvalue weighted by molar-refractivity contribution is -0.127. The van der Waals surface area contributed by atoms with E-state index in [9.17, 15) is 9.18 Å². The summed E-state index contributed by atoms with van der Waals surface area (Å²) >= 11 is 7.30. The van der Waals surface area contributed by atoms with Crippen molar-refractivity contribution in [1.82, 2.24) is 15.0 Å². The second kappa shape index (κ2) is 9.21. The van der Waals surface area contributed by atoms with Crippen LogP contribution in [0, 0.1) is 12.7 Å². The van der Waals surface area contributed by atoms with E-state index >= 15 is 0 Å². The minimum atomic E-state index is -0.365. The van der Waals surface area contributed by atoms with Gasteiger partial charge in [0.1, 0.15) is 5.82 Å². The van der Waals surface area contributed by atoms with Crippen molar-refractivity contribution in [1.29, 1.82) is 0 Å². The first kappa shape index (κ1) is 20.4. The fourth-order valence-corrected chi connectivity index (χ4v) is 3.84. The van der Waals surface area contributed by atoms with Crippen molar-refractivity contribution in [2.24, 2.45) is 0 Å². The Balaban J connectivity index is 1.53. The molecule has 0 atom stereocenters. The molecule has 0 saturated carbocycles. The maximum absolute atomic E-state index is 13.8. The first-order chi connectivity index (χ1) is 13.4. The smallest absolute Gasteiger partial charge is 0.246 e. The summed E-state index contributed by atoms with van der Waals surface area (Å²) in [7, 11) is 1.66. The van der Waals surface area contributed by atoms with Gasteiger partial charge >= 0.3 is 0 Å². The average molecular weight is 420 g/mol. The molecule has 28 heavy (non-hydrogen) atoms. The van der Waals surface area contributed by atoms with Crippen LogP contribution in [0.5, 0.6) is 0 Å². The van der Waals surface area contributed by atoms with Crippen molar-refractivity contribution in [2.75, 3.05) is 12.8 Å². The van der Waals surface area contributed by atoms with Crippen molar-refractivity contribution in [3.8, 4) is 11.4 Å². The van der Waals surface area contributed by atoms with Crippen LogP contribution in [-0.2, 0) is 17.1 Å². The van der Waals surface area contributed by atoms with Gasteiger partial charge in [-0.05, 0) is 25.1 Å². The molecular weight excluding hydrogens is 401 g/mol. The predicted molar refractivity (Wildman–Crippen MR) is 109 cm³/mol. The number of thioether (sulfide) groups is 1. The van der Waals surface area contributed by atoms with Crippen LogP contribution in [0.4, 0.5) is 4.39 Å². The molecule has 0 fully saturated rings. The molecule has 2 aromatic carbocycles. The summed E-state index contributed by atoms with van der Waals surface area (Å²) in [6.45, 7) is 2.20. The zero-order valence-corrected chi connectivity index (χ0v) is 17.1. The molecule has 0 aliphatic heterocycles. The highest BCUT2D eigenvalue weighted by molar-refractivity contribution is 7.99. The summed E-state index contributed by atoms with van der Waals surface area (Å²) < 4.78 is 19.0. The van der Waals surface area contributed by atoms with Crippen LogP contribution in [0.1, 0.15) is 17.0 Å². The Morgan fingerprint density at radius 3 is 2.82 bits per heavy atom. The van der Waals surface area contributed by atoms with Crippen molar-refractivity contribution in [3.63, 3.8) is 0 Å². The van der Waals surface area contributed by atoms with Gasteiger partial charge in [0.05, 0.1) is 12.3 Å². The molecule has 0 aliphatic rings. The second-order valence-electron chi connectivity index (χ2n) is 6.32. The SMILES string of the molecule is Cc1cccc(-c2noc(CN(C)C(=O)CSCc3c(F)cccc3Cl)n2)c1. The first-order valence-electron chi connectivity index (χ1n) is 8.58. The largest absolute Gasteiger partial charge is 0.337 e. The van der Waals surface area contributed by atoms with Gasteiger partial charge in [0.2, 0.25) is 17.6 Å². The summed E-state index contributed by atoms with van der Waals surface area (Å²) in [5.74, 6) is 0.879. The normalized spacial score (nSPS) is 10.9. The van der Waals surface area contributed by atoms with Gasteiger partial charge in [-0.15, -0.1) is 11.8 Å². The van der Waals surface area contributed by atoms with E-state index in [1.165, 1.54) is 22.7 Å². The summed E-state index contributed by atoms with van der Waals surface area (Å²) in [6, 6.07) is 12.3. The van der Waals surface area contributed by atoms with E-state index in [2.05, 4.69) is 10.1 Å². The maximum atomic E-state index is 13.8. The van der Waals surface area contributed by atoms with Crippen molar-refractivity contribution >= 4 is 29.3 Å². The van der Waals surface area contributed by atoms with E-state index in [1.54, 1.807) is 19.2 Å². The lowest BCUT2D eigenvalue weighted by atomic mass is 10.1. The molecule has 0 saturated heterocycles. The number of hydrogen-bond donors (Lipinski definition) is 0. The molecule has 0 radical (unpaired) electrons. The Morgan fingerprint density at radius 2 is 2.07 bits per heavy atom. The summed E-state index contributed by atoms with van der Waals surface area (Å²) in [6.07, 6.45) is 0. The Kier molecular flexibility index (Phi) is 6.70. The van der Waals surface area contributed by atoms with E-state index < -0.39 is 0 Å². The number of amides is 1. The van der Waals surface area contributed by atoms with Crippen molar-refractivity contribution in [3.05, 3.63) is 70.3 Å². The number of carbonyl (C=O) groups excluding carboxylic acids is 1. The third kappa shape index (κ3) is 5.11. The zero-order valence-electron chi connectivity index (χ0n) is 15.5. The fourth-order valence-electron chi connectivity index (χ4n) is 2.53. The molecule has 146 valence electrons. The van der Waals surface area contributed by atoms with Gasteiger partial charge in [-0.3, -0.25) is 4.79 Å². The molecule has 0 N–H and O–H groups in total. The van der Waals surface area contributed by atoms with Gasteiger partial charge < -0.3 is 9.42 Å². The third-order valence-electron chi connectivity index (χ3n) is 4.08. The fraction of sp³-hybridized carbons (Fsp3) is 0.250. The molecule has 1 amide bonds. The Hall–Kier alpha value is -2.38. The lowest BCUT2D eigenvalue weighted by Crippen LogP contribution is -2.28. The Bertz CT molecular complexity index is 959. The van der Waals surface area contributed by atoms with Crippen LogP contribution in [0.2, 0.25) is 5.02 Å². The number of aromatic nitrogens is 2.